The molecule has 0 aromatic rings. The Bertz CT molecular complexity index is 336. The lowest BCUT2D eigenvalue weighted by molar-refractivity contribution is -0.147. The van der Waals surface area contributed by atoms with Gasteiger partial charge in [0.05, 0.1) is 0 Å². The Morgan fingerprint density at radius 2 is 2.05 bits per heavy atom. The highest BCUT2D eigenvalue weighted by Gasteiger charge is 2.51. The average Bonchev–Trinajstić information content (AvgIpc) is 2.58. The molecule has 2 rings (SSSR count). The van der Waals surface area contributed by atoms with E-state index in [0.29, 0.717) is 18.4 Å². The number of hydrogen-bond donors (Lipinski definition) is 3. The van der Waals surface area contributed by atoms with E-state index < -0.39 is 11.5 Å². The van der Waals surface area contributed by atoms with Crippen LogP contribution in [0.15, 0.2) is 0 Å². The van der Waals surface area contributed by atoms with E-state index in [0.717, 1.165) is 18.8 Å². The summed E-state index contributed by atoms with van der Waals surface area (Å²) in [7, 11) is 0. The van der Waals surface area contributed by atoms with Crippen molar-refractivity contribution in [2.24, 2.45) is 11.8 Å². The molecule has 0 aromatic carbocycles. The summed E-state index contributed by atoms with van der Waals surface area (Å²) in [6.07, 6.45) is 7.69. The molecule has 19 heavy (non-hydrogen) atoms. The zero-order valence-corrected chi connectivity index (χ0v) is 13.0. The summed E-state index contributed by atoms with van der Waals surface area (Å²) in [4.78, 5) is 11.7. The number of thiol groups is 1. The van der Waals surface area contributed by atoms with Crippen LogP contribution in [0.1, 0.15) is 58.8 Å². The van der Waals surface area contributed by atoms with Gasteiger partial charge in [-0.05, 0) is 31.1 Å². The number of carboxylic acid groups (broad SMARTS) is 1. The third kappa shape index (κ3) is 2.66. The molecule has 0 bridgehead atoms. The van der Waals surface area contributed by atoms with Crippen molar-refractivity contribution in [3.63, 3.8) is 0 Å². The second-order valence-corrected chi connectivity index (χ2v) is 6.87. The molecule has 1 heterocycles. The molecule has 5 unspecified atom stereocenters. The van der Waals surface area contributed by atoms with Crippen LogP contribution in [-0.4, -0.2) is 27.9 Å². The highest BCUT2D eigenvalue weighted by Crippen LogP contribution is 2.42. The Morgan fingerprint density at radius 1 is 1.37 bits per heavy atom. The van der Waals surface area contributed by atoms with Gasteiger partial charge in [0.25, 0.3) is 0 Å². The molecule has 2 fully saturated rings. The third-order valence-electron chi connectivity index (χ3n) is 5.43. The highest BCUT2D eigenvalue weighted by molar-refractivity contribution is 7.81. The first-order valence-corrected chi connectivity index (χ1v) is 8.26. The molecule has 2 aliphatic rings. The Hall–Kier alpha value is -0.220. The standard InChI is InChI=1S/C15H27NO2S/c1-3-10-7-5-6-8-12-11(10)9-13(19)15(4-2,16-12)14(17)18/h10-13,16,19H,3-9H2,1-2H3,(H,17,18). The molecule has 1 saturated carbocycles. The lowest BCUT2D eigenvalue weighted by Crippen LogP contribution is -2.67. The largest absolute Gasteiger partial charge is 0.480 e. The van der Waals surface area contributed by atoms with Crippen molar-refractivity contribution in [3.8, 4) is 0 Å². The van der Waals surface area contributed by atoms with Gasteiger partial charge in [0, 0.05) is 11.3 Å². The van der Waals surface area contributed by atoms with Gasteiger partial charge in [-0.25, -0.2) is 0 Å². The predicted octanol–water partition coefficient (Wildman–Crippen LogP) is 3.10. The first-order valence-electron chi connectivity index (χ1n) is 7.74. The van der Waals surface area contributed by atoms with Gasteiger partial charge >= 0.3 is 5.97 Å². The van der Waals surface area contributed by atoms with Crippen LogP contribution in [0.3, 0.4) is 0 Å². The van der Waals surface area contributed by atoms with Gasteiger partial charge in [-0.3, -0.25) is 10.1 Å². The molecule has 0 amide bonds. The fourth-order valence-corrected chi connectivity index (χ4v) is 4.76. The number of rotatable bonds is 3. The van der Waals surface area contributed by atoms with E-state index in [1.165, 1.54) is 25.7 Å². The zero-order valence-electron chi connectivity index (χ0n) is 12.1. The molecule has 5 atom stereocenters. The van der Waals surface area contributed by atoms with Crippen LogP contribution in [0.25, 0.3) is 0 Å². The van der Waals surface area contributed by atoms with Crippen LogP contribution in [0.4, 0.5) is 0 Å². The SMILES string of the molecule is CCC1CCCCC2NC(CC)(C(=O)O)C(S)CC12. The van der Waals surface area contributed by atoms with E-state index in [1.807, 2.05) is 6.92 Å². The van der Waals surface area contributed by atoms with E-state index in [1.54, 1.807) is 0 Å². The average molecular weight is 285 g/mol. The summed E-state index contributed by atoms with van der Waals surface area (Å²) in [6.45, 7) is 4.22. The maximum Gasteiger partial charge on any atom is 0.325 e. The Labute approximate surface area is 121 Å². The van der Waals surface area contributed by atoms with Crippen molar-refractivity contribution in [2.45, 2.75) is 75.6 Å². The molecule has 0 spiro atoms. The first-order chi connectivity index (χ1) is 9.05. The lowest BCUT2D eigenvalue weighted by Gasteiger charge is -2.48. The van der Waals surface area contributed by atoms with Crippen LogP contribution < -0.4 is 5.32 Å². The Morgan fingerprint density at radius 3 is 2.63 bits per heavy atom. The second kappa shape index (κ2) is 6.04. The van der Waals surface area contributed by atoms with Crippen molar-refractivity contribution >= 4 is 18.6 Å². The van der Waals surface area contributed by atoms with Crippen molar-refractivity contribution in [3.05, 3.63) is 0 Å². The molecule has 0 aromatic heterocycles. The monoisotopic (exact) mass is 285 g/mol. The van der Waals surface area contributed by atoms with Crippen molar-refractivity contribution in [2.75, 3.05) is 0 Å². The van der Waals surface area contributed by atoms with E-state index in [-0.39, 0.29) is 5.25 Å². The van der Waals surface area contributed by atoms with Crippen LogP contribution in [0.2, 0.25) is 0 Å². The van der Waals surface area contributed by atoms with Gasteiger partial charge in [0.15, 0.2) is 0 Å². The van der Waals surface area contributed by atoms with Crippen molar-refractivity contribution in [1.82, 2.24) is 5.32 Å². The summed E-state index contributed by atoms with van der Waals surface area (Å²) in [5, 5.41) is 13.0. The first kappa shape index (κ1) is 15.2. The highest BCUT2D eigenvalue weighted by atomic mass is 32.1. The van der Waals surface area contributed by atoms with Gasteiger partial charge in [-0.1, -0.05) is 39.5 Å². The van der Waals surface area contributed by atoms with Gasteiger partial charge in [0.2, 0.25) is 0 Å². The molecule has 110 valence electrons. The van der Waals surface area contributed by atoms with Crippen LogP contribution in [-0.2, 0) is 4.79 Å². The molecule has 1 saturated heterocycles. The van der Waals surface area contributed by atoms with E-state index >= 15 is 0 Å². The quantitative estimate of drug-likeness (QED) is 0.698. The summed E-state index contributed by atoms with van der Waals surface area (Å²) in [6, 6.07) is 0.367. The van der Waals surface area contributed by atoms with Crippen molar-refractivity contribution < 1.29 is 9.90 Å². The van der Waals surface area contributed by atoms with Gasteiger partial charge in [-0.2, -0.15) is 12.6 Å². The molecule has 2 N–H and O–H groups in total. The fourth-order valence-electron chi connectivity index (χ4n) is 4.15. The summed E-state index contributed by atoms with van der Waals surface area (Å²) in [5.41, 5.74) is -0.826. The Balaban J connectivity index is 2.24. The lowest BCUT2D eigenvalue weighted by atomic mass is 9.71. The van der Waals surface area contributed by atoms with Crippen LogP contribution in [0.5, 0.6) is 0 Å². The van der Waals surface area contributed by atoms with E-state index in [2.05, 4.69) is 24.9 Å². The number of carbonyl (C=O) groups is 1. The third-order valence-corrected chi connectivity index (χ3v) is 6.08. The number of piperidine rings is 1. The number of aliphatic carboxylic acids is 1. The van der Waals surface area contributed by atoms with Crippen LogP contribution in [0, 0.1) is 11.8 Å². The molecule has 0 radical (unpaired) electrons. The normalized spacial score (nSPS) is 43.3. The molecule has 4 heteroatoms. The number of hydrogen-bond acceptors (Lipinski definition) is 3. The second-order valence-electron chi connectivity index (χ2n) is 6.25. The molecular formula is C15H27NO2S. The number of carboxylic acids is 1. The topological polar surface area (TPSA) is 49.3 Å². The maximum atomic E-state index is 11.7. The van der Waals surface area contributed by atoms with Gasteiger partial charge in [-0.15, -0.1) is 0 Å². The summed E-state index contributed by atoms with van der Waals surface area (Å²) in [5.74, 6) is 0.609. The smallest absolute Gasteiger partial charge is 0.325 e. The minimum atomic E-state index is -0.826. The van der Waals surface area contributed by atoms with E-state index in [4.69, 9.17) is 0 Å². The van der Waals surface area contributed by atoms with Crippen LogP contribution >= 0.6 is 12.6 Å². The van der Waals surface area contributed by atoms with E-state index in [9.17, 15) is 9.90 Å². The summed E-state index contributed by atoms with van der Waals surface area (Å²) >= 11 is 4.65. The molecule has 1 aliphatic carbocycles. The predicted molar refractivity (Wildman–Crippen MR) is 80.7 cm³/mol. The minimum absolute atomic E-state index is 0.0802. The maximum absolute atomic E-state index is 11.7. The van der Waals surface area contributed by atoms with Gasteiger partial charge < -0.3 is 5.11 Å². The number of fused-ring (bicyclic) bond motifs is 1. The Kier molecular flexibility index (Phi) is 4.83. The zero-order chi connectivity index (χ0) is 14.0. The number of nitrogens with one attached hydrogen (secondary N) is 1. The van der Waals surface area contributed by atoms with Crippen molar-refractivity contribution in [1.29, 1.82) is 0 Å². The molecule has 3 nitrogen and oxygen atoms in total. The molecular weight excluding hydrogens is 258 g/mol. The minimum Gasteiger partial charge on any atom is -0.480 e. The fraction of sp³-hybridized carbons (Fsp3) is 0.933. The summed E-state index contributed by atoms with van der Waals surface area (Å²) < 4.78 is 0. The molecule has 1 aliphatic heterocycles. The van der Waals surface area contributed by atoms with Gasteiger partial charge in [0.1, 0.15) is 5.54 Å².